The van der Waals surface area contributed by atoms with Crippen LogP contribution in [0.15, 0.2) is 53.4 Å². The zero-order valence-electron chi connectivity index (χ0n) is 16.5. The first-order chi connectivity index (χ1) is 14.8. The lowest BCUT2D eigenvalue weighted by atomic mass is 10.1. The number of nitrogens with one attached hydrogen (secondary N) is 2. The minimum absolute atomic E-state index is 0.0591. The predicted octanol–water partition coefficient (Wildman–Crippen LogP) is 1.38. The zero-order chi connectivity index (χ0) is 22.0. The van der Waals surface area contributed by atoms with E-state index in [4.69, 9.17) is 4.74 Å². The van der Waals surface area contributed by atoms with Crippen molar-refractivity contribution in [1.82, 2.24) is 9.62 Å². The van der Waals surface area contributed by atoms with Gasteiger partial charge >= 0.3 is 0 Å². The number of ether oxygens (including phenoxy) is 1. The maximum absolute atomic E-state index is 12.4. The summed E-state index contributed by atoms with van der Waals surface area (Å²) in [6.07, 6.45) is 1.62. The van der Waals surface area contributed by atoms with Crippen LogP contribution in [0.2, 0.25) is 0 Å². The van der Waals surface area contributed by atoms with Crippen LogP contribution in [0.3, 0.4) is 0 Å². The van der Waals surface area contributed by atoms with Gasteiger partial charge in [0.15, 0.2) is 0 Å². The molecule has 0 aliphatic carbocycles. The van der Waals surface area contributed by atoms with Gasteiger partial charge < -0.3 is 10.1 Å². The number of rotatable bonds is 7. The fourth-order valence-electron chi connectivity index (χ4n) is 3.54. The van der Waals surface area contributed by atoms with Crippen molar-refractivity contribution in [2.45, 2.75) is 23.8 Å². The minimum atomic E-state index is -3.70. The summed E-state index contributed by atoms with van der Waals surface area (Å²) in [6, 6.07) is 12.0. The van der Waals surface area contributed by atoms with E-state index in [1.54, 1.807) is 24.3 Å². The summed E-state index contributed by atoms with van der Waals surface area (Å²) < 4.78 is 32.7. The maximum Gasteiger partial charge on any atom is 0.262 e. The summed E-state index contributed by atoms with van der Waals surface area (Å²) in [7, 11) is -3.70. The molecule has 0 saturated carbocycles. The summed E-state index contributed by atoms with van der Waals surface area (Å²) in [5, 5.41) is 2.57. The largest absolute Gasteiger partial charge is 0.377 e. The molecule has 1 fully saturated rings. The Morgan fingerprint density at radius 1 is 1.03 bits per heavy atom. The van der Waals surface area contributed by atoms with Gasteiger partial charge in [-0.2, -0.15) is 0 Å². The number of hydrogen-bond acceptors (Lipinski definition) is 6. The first-order valence-electron chi connectivity index (χ1n) is 9.81. The van der Waals surface area contributed by atoms with Gasteiger partial charge in [-0.25, -0.2) is 13.1 Å². The van der Waals surface area contributed by atoms with Crippen molar-refractivity contribution < 1.29 is 27.5 Å². The lowest BCUT2D eigenvalue weighted by Crippen LogP contribution is -2.37. The molecule has 4 rings (SSSR count). The van der Waals surface area contributed by atoms with Crippen LogP contribution in [0.25, 0.3) is 0 Å². The molecule has 2 heterocycles. The molecular weight excluding hydrogens is 422 g/mol. The molecule has 2 N–H and O–H groups in total. The Labute approximate surface area is 179 Å². The van der Waals surface area contributed by atoms with Crippen molar-refractivity contribution in [2.75, 3.05) is 25.0 Å². The van der Waals surface area contributed by atoms with Gasteiger partial charge in [0.2, 0.25) is 15.9 Å². The lowest BCUT2D eigenvalue weighted by molar-refractivity contribution is -0.116. The number of hydrogen-bond donors (Lipinski definition) is 2. The SMILES string of the molecule is O=C(CN1C(=O)c2ccccc2C1=O)Nc1ccc(S(=O)(=O)NC[C@H]2CCCO2)cc1. The Kier molecular flexibility index (Phi) is 5.86. The first kappa shape index (κ1) is 21.2. The van der Waals surface area contributed by atoms with E-state index in [1.807, 2.05) is 0 Å². The number of carbonyl (C=O) groups is 3. The van der Waals surface area contributed by atoms with Gasteiger partial charge in [0, 0.05) is 18.8 Å². The van der Waals surface area contributed by atoms with E-state index < -0.39 is 34.3 Å². The highest BCUT2D eigenvalue weighted by molar-refractivity contribution is 7.89. The molecular formula is C21H21N3O6S. The number of benzene rings is 2. The van der Waals surface area contributed by atoms with Gasteiger partial charge in [-0.3, -0.25) is 19.3 Å². The summed E-state index contributed by atoms with van der Waals surface area (Å²) >= 11 is 0. The van der Waals surface area contributed by atoms with Crippen LogP contribution in [-0.4, -0.2) is 56.8 Å². The van der Waals surface area contributed by atoms with E-state index in [-0.39, 0.29) is 28.7 Å². The van der Waals surface area contributed by atoms with Gasteiger partial charge in [-0.1, -0.05) is 12.1 Å². The molecule has 0 radical (unpaired) electrons. The number of nitrogens with zero attached hydrogens (tertiary/aromatic N) is 1. The molecule has 10 heteroatoms. The molecule has 3 amide bonds. The van der Waals surface area contributed by atoms with Gasteiger partial charge in [-0.15, -0.1) is 0 Å². The average molecular weight is 443 g/mol. The third-order valence-electron chi connectivity index (χ3n) is 5.15. The highest BCUT2D eigenvalue weighted by Crippen LogP contribution is 2.22. The van der Waals surface area contributed by atoms with Crippen LogP contribution in [0.4, 0.5) is 5.69 Å². The fraction of sp³-hybridized carbons (Fsp3) is 0.286. The van der Waals surface area contributed by atoms with Crippen LogP contribution in [-0.2, 0) is 19.6 Å². The molecule has 2 aliphatic rings. The van der Waals surface area contributed by atoms with Crippen LogP contribution >= 0.6 is 0 Å². The average Bonchev–Trinajstić information content (AvgIpc) is 3.36. The topological polar surface area (TPSA) is 122 Å². The normalized spacial score (nSPS) is 18.3. The first-order valence-corrected chi connectivity index (χ1v) is 11.3. The Hall–Kier alpha value is -3.08. The van der Waals surface area contributed by atoms with Crippen molar-refractivity contribution in [2.24, 2.45) is 0 Å². The Morgan fingerprint density at radius 2 is 1.68 bits per heavy atom. The molecule has 2 aliphatic heterocycles. The van der Waals surface area contributed by atoms with Crippen LogP contribution in [0, 0.1) is 0 Å². The van der Waals surface area contributed by atoms with Crippen molar-refractivity contribution in [1.29, 1.82) is 0 Å². The Morgan fingerprint density at radius 3 is 2.26 bits per heavy atom. The predicted molar refractivity (Wildman–Crippen MR) is 111 cm³/mol. The van der Waals surface area contributed by atoms with Crippen molar-refractivity contribution in [3.05, 3.63) is 59.7 Å². The molecule has 1 saturated heterocycles. The quantitative estimate of drug-likeness (QED) is 0.624. The number of carbonyl (C=O) groups excluding carboxylic acids is 3. The van der Waals surface area contributed by atoms with E-state index >= 15 is 0 Å². The molecule has 1 atom stereocenters. The van der Waals surface area contributed by atoms with Crippen LogP contribution < -0.4 is 10.0 Å². The van der Waals surface area contributed by atoms with Crippen molar-refractivity contribution in [3.8, 4) is 0 Å². The summed E-state index contributed by atoms with van der Waals surface area (Å²) in [5.41, 5.74) is 0.885. The number of amides is 3. The van der Waals surface area contributed by atoms with Gasteiger partial charge in [-0.05, 0) is 49.2 Å². The molecule has 0 aromatic heterocycles. The second-order valence-electron chi connectivity index (χ2n) is 7.30. The summed E-state index contributed by atoms with van der Waals surface area (Å²) in [4.78, 5) is 38.0. The van der Waals surface area contributed by atoms with Crippen LogP contribution in [0.1, 0.15) is 33.6 Å². The lowest BCUT2D eigenvalue weighted by Gasteiger charge is -2.14. The second-order valence-corrected chi connectivity index (χ2v) is 9.07. The molecule has 0 bridgehead atoms. The summed E-state index contributed by atoms with van der Waals surface area (Å²) in [6.45, 7) is 0.415. The number of fused-ring (bicyclic) bond motifs is 1. The van der Waals surface area contributed by atoms with E-state index in [0.717, 1.165) is 17.7 Å². The molecule has 2 aromatic rings. The Balaban J connectivity index is 1.35. The van der Waals surface area contributed by atoms with Crippen LogP contribution in [0.5, 0.6) is 0 Å². The highest BCUT2D eigenvalue weighted by Gasteiger charge is 2.36. The van der Waals surface area contributed by atoms with Gasteiger partial charge in [0.05, 0.1) is 22.1 Å². The van der Waals surface area contributed by atoms with E-state index in [1.165, 1.54) is 24.3 Å². The second kappa shape index (κ2) is 8.58. The number of anilines is 1. The smallest absolute Gasteiger partial charge is 0.262 e. The fourth-order valence-corrected chi connectivity index (χ4v) is 4.60. The number of imide groups is 1. The zero-order valence-corrected chi connectivity index (χ0v) is 17.4. The molecule has 162 valence electrons. The summed E-state index contributed by atoms with van der Waals surface area (Å²) in [5.74, 6) is -1.61. The standard InChI is InChI=1S/C21H21N3O6S/c25-19(13-24-20(26)17-5-1-2-6-18(17)21(24)27)23-14-7-9-16(10-8-14)31(28,29)22-12-15-4-3-11-30-15/h1-2,5-10,15,22H,3-4,11-13H2,(H,23,25)/t15-/m1/s1. The van der Waals surface area contributed by atoms with Crippen molar-refractivity contribution in [3.63, 3.8) is 0 Å². The molecule has 9 nitrogen and oxygen atoms in total. The maximum atomic E-state index is 12.4. The number of sulfonamides is 1. The van der Waals surface area contributed by atoms with E-state index in [0.29, 0.717) is 12.3 Å². The van der Waals surface area contributed by atoms with E-state index in [2.05, 4.69) is 10.0 Å². The van der Waals surface area contributed by atoms with Gasteiger partial charge in [0.1, 0.15) is 6.54 Å². The third kappa shape index (κ3) is 4.50. The third-order valence-corrected chi connectivity index (χ3v) is 6.59. The monoisotopic (exact) mass is 443 g/mol. The highest BCUT2D eigenvalue weighted by atomic mass is 32.2. The minimum Gasteiger partial charge on any atom is -0.377 e. The van der Waals surface area contributed by atoms with Gasteiger partial charge in [0.25, 0.3) is 11.8 Å². The molecule has 0 unspecified atom stereocenters. The molecule has 2 aromatic carbocycles. The molecule has 0 spiro atoms. The van der Waals surface area contributed by atoms with Crippen molar-refractivity contribution >= 4 is 33.4 Å². The molecule has 31 heavy (non-hydrogen) atoms. The Bertz CT molecular complexity index is 1090. The van der Waals surface area contributed by atoms with E-state index in [9.17, 15) is 22.8 Å².